The number of hydrogen-bond donors (Lipinski definition) is 4. The summed E-state index contributed by atoms with van der Waals surface area (Å²) in [5, 5.41) is 18.1. The van der Waals surface area contributed by atoms with E-state index in [1.807, 2.05) is 13.8 Å². The lowest BCUT2D eigenvalue weighted by Gasteiger charge is -2.29. The van der Waals surface area contributed by atoms with Crippen molar-refractivity contribution in [2.45, 2.75) is 53.0 Å². The molecule has 4 rings (SSSR count). The van der Waals surface area contributed by atoms with Crippen LogP contribution in [0.15, 0.2) is 60.7 Å². The number of hydrogen-bond acceptors (Lipinski definition) is 5. The molecular formula is C33H40Cl2FN3O5. The fourth-order valence-corrected chi connectivity index (χ4v) is 5.32. The second-order valence-corrected chi connectivity index (χ2v) is 11.9. The third-order valence-corrected chi connectivity index (χ3v) is 7.26. The molecule has 1 aliphatic heterocycles. The molecule has 0 bridgehead atoms. The van der Waals surface area contributed by atoms with Crippen molar-refractivity contribution in [2.75, 3.05) is 24.3 Å². The summed E-state index contributed by atoms with van der Waals surface area (Å²) in [6.07, 6.45) is 1.29. The summed E-state index contributed by atoms with van der Waals surface area (Å²) < 4.78 is 19.6. The number of halogens is 3. The van der Waals surface area contributed by atoms with Gasteiger partial charge in [-0.3, -0.25) is 9.59 Å². The maximum atomic E-state index is 14.7. The van der Waals surface area contributed by atoms with E-state index in [1.165, 1.54) is 31.4 Å². The summed E-state index contributed by atoms with van der Waals surface area (Å²) in [5.41, 5.74) is 1.67. The van der Waals surface area contributed by atoms with Gasteiger partial charge in [0.25, 0.3) is 0 Å². The quantitative estimate of drug-likeness (QED) is 0.185. The fourth-order valence-electron chi connectivity index (χ4n) is 4.95. The number of rotatable bonds is 8. The summed E-state index contributed by atoms with van der Waals surface area (Å²) in [7, 11) is 1.40. The Hall–Kier alpha value is -3.66. The minimum Gasteiger partial charge on any atom is -0.495 e. The normalized spacial score (nSPS) is 17.2. The van der Waals surface area contributed by atoms with E-state index in [-0.39, 0.29) is 33.9 Å². The Balaban J connectivity index is 0.000000355. The van der Waals surface area contributed by atoms with Crippen molar-refractivity contribution < 1.29 is 28.6 Å². The van der Waals surface area contributed by atoms with Crippen LogP contribution in [0.5, 0.6) is 5.75 Å². The largest absolute Gasteiger partial charge is 0.495 e. The van der Waals surface area contributed by atoms with Crippen molar-refractivity contribution in [3.05, 3.63) is 87.7 Å². The van der Waals surface area contributed by atoms with E-state index >= 15 is 0 Å². The van der Waals surface area contributed by atoms with Crippen LogP contribution in [0.2, 0.25) is 10.0 Å². The minimum absolute atomic E-state index is 0.0218. The standard InChI is InChI=1S/C22H25Cl2FN2O.C9H9NO4.C2H6/c1-22(2,3)11-18-19(21(28)27-14-7-4-6-13(23)10-14)16(12-26-18)15-8-5-9-17(24)20(15)25;1-14-8-4-6(9(12)13)2-3-7(8)10-5-11;1-2/h4-10,16,18-19,26H,11-12H2,1-3H3,(H,27,28);2-5H,1H3,(H,10,11)(H,12,13);1-2H3. The molecule has 2 amide bonds. The van der Waals surface area contributed by atoms with E-state index in [1.54, 1.807) is 36.4 Å². The van der Waals surface area contributed by atoms with Gasteiger partial charge < -0.3 is 25.8 Å². The van der Waals surface area contributed by atoms with E-state index in [9.17, 15) is 18.8 Å². The Morgan fingerprint density at radius 3 is 2.36 bits per heavy atom. The molecule has 3 aromatic rings. The first-order chi connectivity index (χ1) is 20.8. The van der Waals surface area contributed by atoms with E-state index in [4.69, 9.17) is 33.0 Å². The first kappa shape index (κ1) is 36.5. The van der Waals surface area contributed by atoms with Gasteiger partial charge in [-0.15, -0.1) is 0 Å². The molecule has 1 fully saturated rings. The van der Waals surface area contributed by atoms with Crippen LogP contribution < -0.4 is 20.7 Å². The number of aromatic carboxylic acids is 1. The predicted octanol–water partition coefficient (Wildman–Crippen LogP) is 7.87. The number of carboxylic acids is 1. The zero-order valence-electron chi connectivity index (χ0n) is 25.7. The monoisotopic (exact) mass is 647 g/mol. The molecule has 238 valence electrons. The number of amides is 2. The van der Waals surface area contributed by atoms with Crippen molar-refractivity contribution in [2.24, 2.45) is 11.3 Å². The molecule has 4 N–H and O–H groups in total. The van der Waals surface area contributed by atoms with Crippen molar-refractivity contribution in [1.29, 1.82) is 0 Å². The van der Waals surface area contributed by atoms with Gasteiger partial charge in [-0.25, -0.2) is 9.18 Å². The topological polar surface area (TPSA) is 117 Å². The lowest BCUT2D eigenvalue weighted by atomic mass is 9.78. The smallest absolute Gasteiger partial charge is 0.335 e. The molecule has 0 saturated carbocycles. The molecule has 0 spiro atoms. The lowest BCUT2D eigenvalue weighted by Crippen LogP contribution is -2.38. The molecule has 1 aliphatic rings. The molecule has 0 radical (unpaired) electrons. The number of carbonyl (C=O) groups excluding carboxylic acids is 2. The van der Waals surface area contributed by atoms with Crippen LogP contribution in [-0.2, 0) is 9.59 Å². The highest BCUT2D eigenvalue weighted by Crippen LogP contribution is 2.39. The van der Waals surface area contributed by atoms with Gasteiger partial charge in [0.2, 0.25) is 12.3 Å². The summed E-state index contributed by atoms with van der Waals surface area (Å²) in [6.45, 7) is 10.9. The van der Waals surface area contributed by atoms with Gasteiger partial charge in [0, 0.05) is 29.2 Å². The van der Waals surface area contributed by atoms with Gasteiger partial charge in [0.1, 0.15) is 11.6 Å². The average Bonchev–Trinajstić information content (AvgIpc) is 3.38. The van der Waals surface area contributed by atoms with Crippen molar-refractivity contribution in [3.63, 3.8) is 0 Å². The third-order valence-electron chi connectivity index (χ3n) is 6.74. The van der Waals surface area contributed by atoms with Crippen LogP contribution >= 0.6 is 23.2 Å². The SMILES string of the molecule is CC.CC(C)(C)CC1NCC(c2cccc(Cl)c2F)C1C(=O)Nc1cccc(Cl)c1.COc1cc(C(=O)O)ccc1NC=O. The van der Waals surface area contributed by atoms with E-state index < -0.39 is 17.7 Å². The summed E-state index contributed by atoms with van der Waals surface area (Å²) in [4.78, 5) is 34.0. The molecule has 0 aromatic heterocycles. The molecule has 44 heavy (non-hydrogen) atoms. The average molecular weight is 649 g/mol. The molecule has 3 atom stereocenters. The van der Waals surface area contributed by atoms with Crippen molar-refractivity contribution in [3.8, 4) is 5.75 Å². The van der Waals surface area contributed by atoms with Crippen LogP contribution in [0.3, 0.4) is 0 Å². The fraction of sp³-hybridized carbons (Fsp3) is 0.364. The van der Waals surface area contributed by atoms with Gasteiger partial charge in [-0.1, -0.05) is 76.0 Å². The summed E-state index contributed by atoms with van der Waals surface area (Å²) in [6, 6.07) is 16.1. The van der Waals surface area contributed by atoms with Gasteiger partial charge in [-0.2, -0.15) is 0 Å². The second-order valence-electron chi connectivity index (χ2n) is 11.0. The highest BCUT2D eigenvalue weighted by atomic mass is 35.5. The van der Waals surface area contributed by atoms with E-state index in [0.29, 0.717) is 40.7 Å². The van der Waals surface area contributed by atoms with Gasteiger partial charge in [0.15, 0.2) is 0 Å². The van der Waals surface area contributed by atoms with Crippen LogP contribution in [-0.4, -0.2) is 43.1 Å². The van der Waals surface area contributed by atoms with Crippen molar-refractivity contribution in [1.82, 2.24) is 5.32 Å². The maximum Gasteiger partial charge on any atom is 0.335 e. The zero-order chi connectivity index (χ0) is 33.0. The molecule has 3 aromatic carbocycles. The Labute approximate surface area is 268 Å². The number of benzene rings is 3. The number of methoxy groups -OCH3 is 1. The van der Waals surface area contributed by atoms with Gasteiger partial charge in [-0.05, 0) is 59.9 Å². The molecule has 1 heterocycles. The summed E-state index contributed by atoms with van der Waals surface area (Å²) in [5.74, 6) is -2.05. The Kier molecular flexibility index (Phi) is 14.1. The number of carbonyl (C=O) groups is 3. The third kappa shape index (κ3) is 10.2. The van der Waals surface area contributed by atoms with Crippen molar-refractivity contribution >= 4 is 52.9 Å². The second kappa shape index (κ2) is 17.0. The lowest BCUT2D eigenvalue weighted by molar-refractivity contribution is -0.120. The number of ether oxygens (including phenoxy) is 1. The van der Waals surface area contributed by atoms with Gasteiger partial charge in [0.05, 0.1) is 29.3 Å². The first-order valence-electron chi connectivity index (χ1n) is 14.2. The van der Waals surface area contributed by atoms with Gasteiger partial charge >= 0.3 is 5.97 Å². The molecule has 1 saturated heterocycles. The zero-order valence-corrected chi connectivity index (χ0v) is 27.2. The van der Waals surface area contributed by atoms with E-state index in [0.717, 1.165) is 6.42 Å². The highest BCUT2D eigenvalue weighted by Gasteiger charge is 2.44. The van der Waals surface area contributed by atoms with Crippen LogP contribution in [0, 0.1) is 17.2 Å². The minimum atomic E-state index is -1.04. The number of carboxylic acid groups (broad SMARTS) is 1. The maximum absolute atomic E-state index is 14.7. The predicted molar refractivity (Wildman–Crippen MR) is 175 cm³/mol. The number of anilines is 2. The molecule has 3 unspecified atom stereocenters. The number of nitrogens with one attached hydrogen (secondary N) is 3. The molecular weight excluding hydrogens is 608 g/mol. The highest BCUT2D eigenvalue weighted by molar-refractivity contribution is 6.31. The van der Waals surface area contributed by atoms with E-state index in [2.05, 4.69) is 36.7 Å². The Morgan fingerprint density at radius 2 is 1.77 bits per heavy atom. The van der Waals surface area contributed by atoms with Crippen LogP contribution in [0.1, 0.15) is 62.9 Å². The Morgan fingerprint density at radius 1 is 1.09 bits per heavy atom. The first-order valence-corrected chi connectivity index (χ1v) is 15.0. The van der Waals surface area contributed by atoms with Crippen LogP contribution in [0.25, 0.3) is 0 Å². The Bertz CT molecular complexity index is 1430. The molecule has 0 aliphatic carbocycles. The molecule has 8 nitrogen and oxygen atoms in total. The van der Waals surface area contributed by atoms with Crippen LogP contribution in [0.4, 0.5) is 15.8 Å². The molecule has 11 heteroatoms. The summed E-state index contributed by atoms with van der Waals surface area (Å²) >= 11 is 12.0.